The number of para-hydroxylation sites is 2. The van der Waals surface area contributed by atoms with Crippen molar-refractivity contribution in [3.05, 3.63) is 94.4 Å². The number of carbonyl (C=O) groups is 1. The van der Waals surface area contributed by atoms with Crippen molar-refractivity contribution in [2.45, 2.75) is 33.1 Å². The fraction of sp³-hybridized carbons (Fsp3) is 0.241. The molecule has 3 aromatic carbocycles. The first-order valence-corrected chi connectivity index (χ1v) is 13.0. The van der Waals surface area contributed by atoms with Crippen LogP contribution in [-0.4, -0.2) is 23.4 Å². The Morgan fingerprint density at radius 2 is 1.57 bits per heavy atom. The van der Waals surface area contributed by atoms with E-state index in [1.54, 1.807) is 4.90 Å². The van der Waals surface area contributed by atoms with Gasteiger partial charge in [0.05, 0.1) is 10.6 Å². The van der Waals surface area contributed by atoms with Crippen molar-refractivity contribution in [3.63, 3.8) is 0 Å². The zero-order valence-electron chi connectivity index (χ0n) is 20.2. The number of aryl methyl sites for hydroxylation is 1. The predicted molar refractivity (Wildman–Crippen MR) is 149 cm³/mol. The number of rotatable bonds is 9. The van der Waals surface area contributed by atoms with Crippen molar-refractivity contribution < 1.29 is 14.3 Å². The van der Waals surface area contributed by atoms with Gasteiger partial charge in [-0.1, -0.05) is 91.9 Å². The molecule has 1 atom stereocenters. The molecule has 0 bridgehead atoms. The van der Waals surface area contributed by atoms with E-state index >= 15 is 0 Å². The summed E-state index contributed by atoms with van der Waals surface area (Å²) in [5.74, 6) is 1.92. The lowest BCUT2D eigenvalue weighted by Crippen LogP contribution is -2.27. The van der Waals surface area contributed by atoms with Crippen LogP contribution >= 0.6 is 24.0 Å². The van der Waals surface area contributed by atoms with E-state index in [1.807, 2.05) is 79.7 Å². The molecule has 6 heteroatoms. The summed E-state index contributed by atoms with van der Waals surface area (Å²) < 4.78 is 12.6. The molecule has 1 fully saturated rings. The molecule has 0 spiro atoms. The normalized spacial score (nSPS) is 15.5. The van der Waals surface area contributed by atoms with Crippen molar-refractivity contribution >= 4 is 46.0 Å². The van der Waals surface area contributed by atoms with Crippen LogP contribution in [0.2, 0.25) is 0 Å². The van der Waals surface area contributed by atoms with Crippen molar-refractivity contribution in [2.24, 2.45) is 0 Å². The third-order valence-corrected chi connectivity index (χ3v) is 7.25. The van der Waals surface area contributed by atoms with Gasteiger partial charge in [-0.15, -0.1) is 0 Å². The number of benzene rings is 3. The Morgan fingerprint density at radius 3 is 2.29 bits per heavy atom. The summed E-state index contributed by atoms with van der Waals surface area (Å²) in [5, 5.41) is 0. The Kier molecular flexibility index (Phi) is 8.26. The lowest BCUT2D eigenvalue weighted by atomic mass is 9.98. The van der Waals surface area contributed by atoms with Gasteiger partial charge in [-0.2, -0.15) is 0 Å². The van der Waals surface area contributed by atoms with Gasteiger partial charge >= 0.3 is 0 Å². The van der Waals surface area contributed by atoms with E-state index < -0.39 is 0 Å². The summed E-state index contributed by atoms with van der Waals surface area (Å²) in [6, 6.07) is 23.6. The van der Waals surface area contributed by atoms with Crippen LogP contribution in [0.3, 0.4) is 0 Å². The van der Waals surface area contributed by atoms with Gasteiger partial charge in [-0.25, -0.2) is 0 Å². The quantitative estimate of drug-likeness (QED) is 0.173. The predicted octanol–water partition coefficient (Wildman–Crippen LogP) is 7.37. The van der Waals surface area contributed by atoms with Crippen molar-refractivity contribution in [1.29, 1.82) is 0 Å². The number of nitrogens with zero attached hydrogens (tertiary/aromatic N) is 1. The average Bonchev–Trinajstić information content (AvgIpc) is 3.15. The highest BCUT2D eigenvalue weighted by atomic mass is 32.2. The van der Waals surface area contributed by atoms with E-state index in [4.69, 9.17) is 21.7 Å². The van der Waals surface area contributed by atoms with E-state index in [2.05, 4.69) is 19.9 Å². The molecule has 0 N–H and O–H groups in total. The van der Waals surface area contributed by atoms with Gasteiger partial charge in [0.25, 0.3) is 5.91 Å². The molecular formula is C29H29NO3S2. The zero-order valence-corrected chi connectivity index (χ0v) is 21.8. The van der Waals surface area contributed by atoms with Crippen LogP contribution in [0.4, 0.5) is 5.69 Å². The summed E-state index contributed by atoms with van der Waals surface area (Å²) in [6.45, 7) is 7.22. The molecule has 1 aliphatic rings. The molecule has 0 unspecified atom stereocenters. The molecule has 180 valence electrons. The summed E-state index contributed by atoms with van der Waals surface area (Å²) in [7, 11) is 0. The van der Waals surface area contributed by atoms with Crippen LogP contribution in [0.1, 0.15) is 42.9 Å². The Bertz CT molecular complexity index is 1240. The molecule has 4 nitrogen and oxygen atoms in total. The van der Waals surface area contributed by atoms with E-state index in [0.717, 1.165) is 29.0 Å². The average molecular weight is 504 g/mol. The summed E-state index contributed by atoms with van der Waals surface area (Å²) in [4.78, 5) is 15.3. The Morgan fingerprint density at radius 1 is 0.943 bits per heavy atom. The van der Waals surface area contributed by atoms with Gasteiger partial charge in [0.2, 0.25) is 0 Å². The number of carbonyl (C=O) groups excluding carboxylic acids is 1. The SMILES string of the molecule is CC[C@H](C)c1ccccc1OCCOc1ccccc1/C=C1\SC(=S)N(c2ccc(C)cc2)C1=O. The van der Waals surface area contributed by atoms with E-state index in [9.17, 15) is 4.79 Å². The number of anilines is 1. The molecule has 1 heterocycles. The standard InChI is InChI=1S/C29H29NO3S2/c1-4-21(3)24-10-6-8-12-26(24)33-18-17-32-25-11-7-5-9-22(25)19-27-28(31)30(29(34)35-27)23-15-13-20(2)14-16-23/h5-16,19,21H,4,17-18H2,1-3H3/b27-19-/t21-/m0/s1. The lowest BCUT2D eigenvalue weighted by molar-refractivity contribution is -0.113. The van der Waals surface area contributed by atoms with E-state index in [-0.39, 0.29) is 5.91 Å². The van der Waals surface area contributed by atoms with Crippen LogP contribution in [0.5, 0.6) is 11.5 Å². The largest absolute Gasteiger partial charge is 0.490 e. The lowest BCUT2D eigenvalue weighted by Gasteiger charge is -2.16. The van der Waals surface area contributed by atoms with Crippen LogP contribution in [0, 0.1) is 6.92 Å². The Labute approximate surface area is 216 Å². The van der Waals surface area contributed by atoms with Crippen LogP contribution in [0.15, 0.2) is 77.7 Å². The summed E-state index contributed by atoms with van der Waals surface area (Å²) in [6.07, 6.45) is 2.91. The fourth-order valence-electron chi connectivity index (χ4n) is 3.80. The molecule has 35 heavy (non-hydrogen) atoms. The molecule has 4 rings (SSSR count). The topological polar surface area (TPSA) is 38.8 Å². The van der Waals surface area contributed by atoms with Gasteiger partial charge in [0.1, 0.15) is 24.7 Å². The maximum Gasteiger partial charge on any atom is 0.270 e. The first-order chi connectivity index (χ1) is 17.0. The molecular weight excluding hydrogens is 474 g/mol. The number of amides is 1. The smallest absolute Gasteiger partial charge is 0.270 e. The molecule has 0 aliphatic carbocycles. The minimum Gasteiger partial charge on any atom is -0.490 e. The van der Waals surface area contributed by atoms with Crippen LogP contribution in [0.25, 0.3) is 6.08 Å². The van der Waals surface area contributed by atoms with Gasteiger partial charge in [0.15, 0.2) is 4.32 Å². The Hall–Kier alpha value is -3.09. The van der Waals surface area contributed by atoms with Crippen molar-refractivity contribution in [2.75, 3.05) is 18.1 Å². The highest BCUT2D eigenvalue weighted by Gasteiger charge is 2.33. The maximum atomic E-state index is 13.1. The second kappa shape index (κ2) is 11.6. The first-order valence-electron chi connectivity index (χ1n) is 11.8. The Balaban J connectivity index is 1.43. The summed E-state index contributed by atoms with van der Waals surface area (Å²) in [5.41, 5.74) is 3.96. The molecule has 0 saturated carbocycles. The van der Waals surface area contributed by atoms with Gasteiger partial charge in [0, 0.05) is 5.56 Å². The molecule has 1 amide bonds. The number of hydrogen-bond donors (Lipinski definition) is 0. The monoisotopic (exact) mass is 503 g/mol. The van der Waals surface area contributed by atoms with E-state index in [0.29, 0.717) is 34.1 Å². The molecule has 0 aromatic heterocycles. The number of ether oxygens (including phenoxy) is 2. The zero-order chi connectivity index (χ0) is 24.8. The fourth-order valence-corrected chi connectivity index (χ4v) is 5.09. The van der Waals surface area contributed by atoms with Crippen LogP contribution < -0.4 is 14.4 Å². The first kappa shape index (κ1) is 25.0. The highest BCUT2D eigenvalue weighted by molar-refractivity contribution is 8.27. The third kappa shape index (κ3) is 5.95. The molecule has 0 radical (unpaired) electrons. The second-order valence-electron chi connectivity index (χ2n) is 8.43. The third-order valence-electron chi connectivity index (χ3n) is 5.95. The van der Waals surface area contributed by atoms with E-state index in [1.165, 1.54) is 17.3 Å². The minimum absolute atomic E-state index is 0.122. The number of hydrogen-bond acceptors (Lipinski definition) is 5. The van der Waals surface area contributed by atoms with Gasteiger partial charge in [-0.3, -0.25) is 9.69 Å². The summed E-state index contributed by atoms with van der Waals surface area (Å²) >= 11 is 6.81. The van der Waals surface area contributed by atoms with Gasteiger partial charge < -0.3 is 9.47 Å². The molecule has 1 aliphatic heterocycles. The van der Waals surface area contributed by atoms with Crippen molar-refractivity contribution in [1.82, 2.24) is 0 Å². The van der Waals surface area contributed by atoms with Crippen LogP contribution in [-0.2, 0) is 4.79 Å². The van der Waals surface area contributed by atoms with Crippen molar-refractivity contribution in [3.8, 4) is 11.5 Å². The second-order valence-corrected chi connectivity index (χ2v) is 10.1. The highest BCUT2D eigenvalue weighted by Crippen LogP contribution is 2.37. The minimum atomic E-state index is -0.122. The van der Waals surface area contributed by atoms with Gasteiger partial charge in [-0.05, 0) is 55.2 Å². The molecule has 1 saturated heterocycles. The maximum absolute atomic E-state index is 13.1. The number of thioether (sulfide) groups is 1. The number of thiocarbonyl (C=S) groups is 1. The molecule has 3 aromatic rings.